The van der Waals surface area contributed by atoms with Gasteiger partial charge in [-0.05, 0) is 32.0 Å². The second-order valence-corrected chi connectivity index (χ2v) is 8.79. The third-order valence-electron chi connectivity index (χ3n) is 4.40. The summed E-state index contributed by atoms with van der Waals surface area (Å²) in [5.41, 5.74) is 1.59. The Morgan fingerprint density at radius 1 is 1.19 bits per heavy atom. The van der Waals surface area contributed by atoms with E-state index >= 15 is 0 Å². The number of aromatic nitrogens is 2. The molecule has 3 aromatic rings. The molecule has 1 atom stereocenters. The highest BCUT2D eigenvalue weighted by Gasteiger charge is 2.30. The lowest BCUT2D eigenvalue weighted by molar-refractivity contribution is -0.122. The molecular weight excluding hydrogens is 430 g/mol. The predicted octanol–water partition coefficient (Wildman–Crippen LogP) is 2.79. The first-order valence-corrected chi connectivity index (χ1v) is 11.0. The number of amides is 1. The number of anilines is 1. The van der Waals surface area contributed by atoms with Gasteiger partial charge < -0.3 is 9.84 Å². The maximum Gasteiger partial charge on any atom is 0.246 e. The Labute approximate surface area is 177 Å². The van der Waals surface area contributed by atoms with Gasteiger partial charge in [-0.2, -0.15) is 4.98 Å². The standard InChI is InChI=1S/C20H20F2N4O4S/c1-12-5-4-6-14(9-12)19-24-18(30-25-19)11-23-20(27)13(2)26(31(3,28)29)15-7-8-16(21)17(22)10-15/h4-10,13H,11H2,1-3H3,(H,23,27). The van der Waals surface area contributed by atoms with Crippen molar-refractivity contribution in [3.05, 3.63) is 65.6 Å². The molecule has 1 aromatic heterocycles. The van der Waals surface area contributed by atoms with Crippen molar-refractivity contribution in [1.29, 1.82) is 0 Å². The molecular formula is C20H20F2N4O4S. The van der Waals surface area contributed by atoms with Gasteiger partial charge in [0.1, 0.15) is 6.04 Å². The summed E-state index contributed by atoms with van der Waals surface area (Å²) in [4.78, 5) is 16.8. The first-order chi connectivity index (χ1) is 14.6. The molecule has 31 heavy (non-hydrogen) atoms. The van der Waals surface area contributed by atoms with E-state index in [0.717, 1.165) is 29.5 Å². The number of halogens is 2. The molecule has 1 N–H and O–H groups in total. The van der Waals surface area contributed by atoms with Crippen molar-refractivity contribution in [2.45, 2.75) is 26.4 Å². The zero-order chi connectivity index (χ0) is 22.8. The topological polar surface area (TPSA) is 105 Å². The number of sulfonamides is 1. The third-order valence-corrected chi connectivity index (χ3v) is 5.65. The van der Waals surface area contributed by atoms with Crippen LogP contribution in [0.2, 0.25) is 0 Å². The molecule has 8 nitrogen and oxygen atoms in total. The summed E-state index contributed by atoms with van der Waals surface area (Å²) in [5, 5.41) is 6.38. The molecule has 0 aliphatic rings. The second-order valence-electron chi connectivity index (χ2n) is 6.93. The van der Waals surface area contributed by atoms with E-state index < -0.39 is 33.6 Å². The van der Waals surface area contributed by atoms with Gasteiger partial charge in [-0.15, -0.1) is 0 Å². The monoisotopic (exact) mass is 450 g/mol. The van der Waals surface area contributed by atoms with E-state index in [1.54, 1.807) is 0 Å². The van der Waals surface area contributed by atoms with Crippen LogP contribution in [0.15, 0.2) is 47.0 Å². The van der Waals surface area contributed by atoms with Gasteiger partial charge in [0.25, 0.3) is 0 Å². The summed E-state index contributed by atoms with van der Waals surface area (Å²) >= 11 is 0. The molecule has 2 aromatic carbocycles. The molecule has 1 unspecified atom stereocenters. The highest BCUT2D eigenvalue weighted by molar-refractivity contribution is 7.92. The van der Waals surface area contributed by atoms with Crippen LogP contribution in [-0.4, -0.2) is 36.8 Å². The molecule has 0 spiro atoms. The highest BCUT2D eigenvalue weighted by Crippen LogP contribution is 2.23. The lowest BCUT2D eigenvalue weighted by Crippen LogP contribution is -2.47. The molecule has 164 valence electrons. The normalized spacial score (nSPS) is 12.4. The van der Waals surface area contributed by atoms with E-state index in [1.165, 1.54) is 6.92 Å². The van der Waals surface area contributed by atoms with Crippen molar-refractivity contribution in [2.75, 3.05) is 10.6 Å². The van der Waals surface area contributed by atoms with Gasteiger partial charge in [0.15, 0.2) is 11.6 Å². The lowest BCUT2D eigenvalue weighted by Gasteiger charge is -2.28. The molecule has 0 bridgehead atoms. The number of nitrogens with zero attached hydrogens (tertiary/aromatic N) is 3. The maximum atomic E-state index is 13.6. The Hall–Kier alpha value is -3.34. The van der Waals surface area contributed by atoms with Gasteiger partial charge in [0.2, 0.25) is 27.6 Å². The summed E-state index contributed by atoms with van der Waals surface area (Å²) in [6, 6.07) is 8.80. The van der Waals surface area contributed by atoms with Gasteiger partial charge in [0, 0.05) is 11.6 Å². The van der Waals surface area contributed by atoms with Crippen LogP contribution in [0.3, 0.4) is 0 Å². The lowest BCUT2D eigenvalue weighted by atomic mass is 10.1. The predicted molar refractivity (Wildman–Crippen MR) is 109 cm³/mol. The summed E-state index contributed by atoms with van der Waals surface area (Å²) < 4.78 is 57.1. The van der Waals surface area contributed by atoms with E-state index in [0.29, 0.717) is 16.2 Å². The van der Waals surface area contributed by atoms with Gasteiger partial charge >= 0.3 is 0 Å². The van der Waals surface area contributed by atoms with Gasteiger partial charge in [0.05, 0.1) is 18.5 Å². The number of carbonyl (C=O) groups excluding carboxylic acids is 1. The number of aryl methyl sites for hydroxylation is 1. The molecule has 3 rings (SSSR count). The molecule has 1 heterocycles. The van der Waals surface area contributed by atoms with Crippen molar-refractivity contribution in [3.8, 4) is 11.4 Å². The fourth-order valence-electron chi connectivity index (χ4n) is 2.97. The zero-order valence-corrected chi connectivity index (χ0v) is 17.8. The smallest absolute Gasteiger partial charge is 0.246 e. The molecule has 0 saturated carbocycles. The second kappa shape index (κ2) is 8.80. The van der Waals surface area contributed by atoms with E-state index in [1.807, 2.05) is 31.2 Å². The van der Waals surface area contributed by atoms with E-state index in [9.17, 15) is 22.0 Å². The first-order valence-electron chi connectivity index (χ1n) is 9.18. The Balaban J connectivity index is 1.73. The fraction of sp³-hybridized carbons (Fsp3) is 0.250. The van der Waals surface area contributed by atoms with Crippen molar-refractivity contribution in [3.63, 3.8) is 0 Å². The quantitative estimate of drug-likeness (QED) is 0.594. The Bertz CT molecular complexity index is 1210. The molecule has 11 heteroatoms. The van der Waals surface area contributed by atoms with Crippen LogP contribution in [0.25, 0.3) is 11.4 Å². The van der Waals surface area contributed by atoms with Crippen LogP contribution in [0.5, 0.6) is 0 Å². The average molecular weight is 450 g/mol. The molecule has 0 radical (unpaired) electrons. The van der Waals surface area contributed by atoms with Crippen LogP contribution in [-0.2, 0) is 21.4 Å². The first kappa shape index (κ1) is 22.3. The number of carbonyl (C=O) groups is 1. The molecule has 0 saturated heterocycles. The number of hydrogen-bond acceptors (Lipinski definition) is 6. The van der Waals surface area contributed by atoms with Crippen LogP contribution in [0, 0.1) is 18.6 Å². The number of rotatable bonds is 7. The van der Waals surface area contributed by atoms with E-state index in [2.05, 4.69) is 15.5 Å². The van der Waals surface area contributed by atoms with Crippen molar-refractivity contribution >= 4 is 21.6 Å². The Kier molecular flexibility index (Phi) is 6.34. The minimum atomic E-state index is -3.98. The molecule has 1 amide bonds. The van der Waals surface area contributed by atoms with Crippen molar-refractivity contribution in [2.24, 2.45) is 0 Å². The zero-order valence-electron chi connectivity index (χ0n) is 17.0. The third kappa shape index (κ3) is 5.23. The van der Waals surface area contributed by atoms with Crippen LogP contribution < -0.4 is 9.62 Å². The largest absolute Gasteiger partial charge is 0.345 e. The summed E-state index contributed by atoms with van der Waals surface area (Å²) in [6.07, 6.45) is 0.865. The number of nitrogens with one attached hydrogen (secondary N) is 1. The van der Waals surface area contributed by atoms with Crippen LogP contribution in [0.1, 0.15) is 18.4 Å². The molecule has 0 fully saturated rings. The van der Waals surface area contributed by atoms with Gasteiger partial charge in [-0.25, -0.2) is 17.2 Å². The minimum absolute atomic E-state index is 0.121. The van der Waals surface area contributed by atoms with Crippen molar-refractivity contribution in [1.82, 2.24) is 15.5 Å². The average Bonchev–Trinajstić information content (AvgIpc) is 3.17. The van der Waals surface area contributed by atoms with E-state index in [4.69, 9.17) is 4.52 Å². The fourth-order valence-corrected chi connectivity index (χ4v) is 4.14. The summed E-state index contributed by atoms with van der Waals surface area (Å²) in [7, 11) is -3.98. The maximum absolute atomic E-state index is 13.6. The van der Waals surface area contributed by atoms with Gasteiger partial charge in [-0.3, -0.25) is 9.10 Å². The number of hydrogen-bond donors (Lipinski definition) is 1. The van der Waals surface area contributed by atoms with Crippen LogP contribution >= 0.6 is 0 Å². The molecule has 0 aliphatic heterocycles. The van der Waals surface area contributed by atoms with Gasteiger partial charge in [-0.1, -0.05) is 28.9 Å². The van der Waals surface area contributed by atoms with E-state index in [-0.39, 0.29) is 18.1 Å². The highest BCUT2D eigenvalue weighted by atomic mass is 32.2. The van der Waals surface area contributed by atoms with Crippen LogP contribution in [0.4, 0.5) is 14.5 Å². The SMILES string of the molecule is Cc1cccc(-c2noc(CNC(=O)C(C)N(c3ccc(F)c(F)c3)S(C)(=O)=O)n2)c1. The molecule has 0 aliphatic carbocycles. The summed E-state index contributed by atoms with van der Waals surface area (Å²) in [5.74, 6) is -2.58. The Morgan fingerprint density at radius 3 is 2.58 bits per heavy atom. The number of benzene rings is 2. The Morgan fingerprint density at radius 2 is 1.94 bits per heavy atom. The van der Waals surface area contributed by atoms with Crippen molar-refractivity contribution < 1.29 is 26.5 Å². The minimum Gasteiger partial charge on any atom is -0.345 e. The summed E-state index contributed by atoms with van der Waals surface area (Å²) in [6.45, 7) is 3.10.